The van der Waals surface area contributed by atoms with Crippen molar-refractivity contribution in [3.63, 3.8) is 0 Å². The summed E-state index contributed by atoms with van der Waals surface area (Å²) in [6.07, 6.45) is 3.92. The van der Waals surface area contributed by atoms with E-state index in [1.54, 1.807) is 12.1 Å². The molecule has 10 heteroatoms. The van der Waals surface area contributed by atoms with Crippen LogP contribution >= 0.6 is 12.2 Å². The molecule has 1 saturated heterocycles. The van der Waals surface area contributed by atoms with Crippen molar-refractivity contribution >= 4 is 24.1 Å². The standard InChI is InChI=1S/C16H19N5O4S/c1-2-7-24-13-6-5-11(9-12(13)21(22)23)10-17-20-15(18-19-16(20)26)14-4-3-8-25-14/h5-6,9-10,14H,2-4,7-8H2,1H3,(H,19,26)/b17-10-. The molecule has 138 valence electrons. The quantitative estimate of drug-likeness (QED) is 0.343. The fourth-order valence-corrected chi connectivity index (χ4v) is 2.81. The maximum absolute atomic E-state index is 11.3. The molecule has 3 rings (SSSR count). The summed E-state index contributed by atoms with van der Waals surface area (Å²) in [7, 11) is 0. The third-order valence-electron chi connectivity index (χ3n) is 3.86. The third-order valence-corrected chi connectivity index (χ3v) is 4.12. The summed E-state index contributed by atoms with van der Waals surface area (Å²) in [5.41, 5.74) is 0.458. The zero-order valence-corrected chi connectivity index (χ0v) is 15.1. The number of nitrogens with zero attached hydrogens (tertiary/aromatic N) is 4. The van der Waals surface area contributed by atoms with Gasteiger partial charge in [0, 0.05) is 18.2 Å². The van der Waals surface area contributed by atoms with E-state index in [0.29, 0.717) is 29.4 Å². The van der Waals surface area contributed by atoms with Crippen molar-refractivity contribution in [3.8, 4) is 5.75 Å². The first-order valence-electron chi connectivity index (χ1n) is 8.34. The summed E-state index contributed by atoms with van der Waals surface area (Å²) in [6.45, 7) is 3.04. The number of hydrogen-bond donors (Lipinski definition) is 1. The lowest BCUT2D eigenvalue weighted by atomic mass is 10.2. The van der Waals surface area contributed by atoms with Crippen LogP contribution in [-0.2, 0) is 4.74 Å². The molecule has 1 aromatic carbocycles. The van der Waals surface area contributed by atoms with Gasteiger partial charge in [-0.25, -0.2) is 0 Å². The summed E-state index contributed by atoms with van der Waals surface area (Å²) in [5.74, 6) is 0.843. The number of ether oxygens (including phenoxy) is 2. The lowest BCUT2D eigenvalue weighted by Crippen LogP contribution is -2.05. The Morgan fingerprint density at radius 1 is 1.62 bits per heavy atom. The Labute approximate surface area is 154 Å². The van der Waals surface area contributed by atoms with E-state index < -0.39 is 4.92 Å². The van der Waals surface area contributed by atoms with Crippen LogP contribution in [0.5, 0.6) is 5.75 Å². The van der Waals surface area contributed by atoms with Crippen molar-refractivity contribution in [2.24, 2.45) is 5.10 Å². The van der Waals surface area contributed by atoms with E-state index in [9.17, 15) is 10.1 Å². The van der Waals surface area contributed by atoms with Crippen LogP contribution in [0.1, 0.15) is 43.7 Å². The number of rotatable bonds is 7. The van der Waals surface area contributed by atoms with E-state index in [-0.39, 0.29) is 17.5 Å². The van der Waals surface area contributed by atoms with Crippen LogP contribution < -0.4 is 4.74 Å². The maximum Gasteiger partial charge on any atom is 0.311 e. The van der Waals surface area contributed by atoms with Crippen molar-refractivity contribution in [1.82, 2.24) is 14.9 Å². The van der Waals surface area contributed by atoms with Crippen LogP contribution in [-0.4, -0.2) is 39.2 Å². The number of nitro groups is 1. The van der Waals surface area contributed by atoms with Gasteiger partial charge in [0.25, 0.3) is 0 Å². The molecule has 9 nitrogen and oxygen atoms in total. The Balaban J connectivity index is 1.87. The molecule has 0 aliphatic carbocycles. The van der Waals surface area contributed by atoms with Crippen LogP contribution in [0.3, 0.4) is 0 Å². The van der Waals surface area contributed by atoms with Gasteiger partial charge in [-0.1, -0.05) is 6.92 Å². The average Bonchev–Trinajstić information content (AvgIpc) is 3.28. The van der Waals surface area contributed by atoms with Crippen LogP contribution in [0.2, 0.25) is 0 Å². The minimum Gasteiger partial charge on any atom is -0.487 e. The Morgan fingerprint density at radius 2 is 2.46 bits per heavy atom. The molecule has 0 radical (unpaired) electrons. The molecule has 26 heavy (non-hydrogen) atoms. The van der Waals surface area contributed by atoms with Crippen LogP contribution in [0.15, 0.2) is 23.3 Å². The van der Waals surface area contributed by atoms with Gasteiger partial charge in [-0.3, -0.25) is 15.2 Å². The summed E-state index contributed by atoms with van der Waals surface area (Å²) < 4.78 is 12.9. The second-order valence-corrected chi connectivity index (χ2v) is 6.16. The van der Waals surface area contributed by atoms with Crippen molar-refractivity contribution in [2.45, 2.75) is 32.3 Å². The van der Waals surface area contributed by atoms with Gasteiger partial charge in [0.05, 0.1) is 17.7 Å². The summed E-state index contributed by atoms with van der Waals surface area (Å²) >= 11 is 5.21. The van der Waals surface area contributed by atoms with Crippen LogP contribution in [0.4, 0.5) is 5.69 Å². The first kappa shape index (κ1) is 18.2. The van der Waals surface area contributed by atoms with Gasteiger partial charge in [0.2, 0.25) is 4.77 Å². The topological polar surface area (TPSA) is 108 Å². The molecule has 2 aromatic rings. The Hall–Kier alpha value is -2.59. The molecule has 0 bridgehead atoms. The van der Waals surface area contributed by atoms with Crippen molar-refractivity contribution in [1.29, 1.82) is 0 Å². The van der Waals surface area contributed by atoms with Crippen LogP contribution in [0, 0.1) is 14.9 Å². The first-order valence-corrected chi connectivity index (χ1v) is 8.75. The van der Waals surface area contributed by atoms with E-state index >= 15 is 0 Å². The van der Waals surface area contributed by atoms with Gasteiger partial charge in [-0.05, 0) is 43.6 Å². The number of nitro benzene ring substituents is 1. The highest BCUT2D eigenvalue weighted by atomic mass is 32.1. The van der Waals surface area contributed by atoms with E-state index in [2.05, 4.69) is 15.3 Å². The van der Waals surface area contributed by atoms with Gasteiger partial charge in [-0.2, -0.15) is 14.9 Å². The molecule has 1 unspecified atom stereocenters. The summed E-state index contributed by atoms with van der Waals surface area (Å²) in [5, 5.41) is 22.5. The molecule has 1 aromatic heterocycles. The van der Waals surface area contributed by atoms with E-state index in [1.165, 1.54) is 17.0 Å². The number of hydrogen-bond acceptors (Lipinski definition) is 7. The molecule has 1 fully saturated rings. The fraction of sp³-hybridized carbons (Fsp3) is 0.438. The predicted molar refractivity (Wildman–Crippen MR) is 97.2 cm³/mol. The Bertz CT molecular complexity index is 870. The Kier molecular flexibility index (Phi) is 5.74. The average molecular weight is 377 g/mol. The van der Waals surface area contributed by atoms with Gasteiger partial charge < -0.3 is 9.47 Å². The predicted octanol–water partition coefficient (Wildman–Crippen LogP) is 3.37. The number of aromatic amines is 1. The molecule has 0 saturated carbocycles. The second-order valence-electron chi connectivity index (χ2n) is 5.78. The van der Waals surface area contributed by atoms with Crippen molar-refractivity contribution in [2.75, 3.05) is 13.2 Å². The molecule has 1 aliphatic heterocycles. The van der Waals surface area contributed by atoms with Gasteiger partial charge >= 0.3 is 5.69 Å². The maximum atomic E-state index is 11.3. The SMILES string of the molecule is CCCOc1ccc(/C=N\n2c(C3CCCO3)n[nH]c2=S)cc1[N+](=O)[O-]. The summed E-state index contributed by atoms with van der Waals surface area (Å²) in [6, 6.07) is 4.70. The van der Waals surface area contributed by atoms with Gasteiger partial charge in [0.15, 0.2) is 11.6 Å². The zero-order chi connectivity index (χ0) is 18.5. The van der Waals surface area contributed by atoms with Gasteiger partial charge in [0.1, 0.15) is 6.10 Å². The minimum absolute atomic E-state index is 0.0995. The third kappa shape index (κ3) is 3.97. The molecule has 1 aliphatic rings. The number of aromatic nitrogens is 3. The van der Waals surface area contributed by atoms with E-state index in [1.807, 2.05) is 6.92 Å². The second kappa shape index (κ2) is 8.19. The lowest BCUT2D eigenvalue weighted by Gasteiger charge is -2.07. The number of nitrogens with one attached hydrogen (secondary N) is 1. The summed E-state index contributed by atoms with van der Waals surface area (Å²) in [4.78, 5) is 10.8. The molecule has 0 amide bonds. The molecule has 1 atom stereocenters. The van der Waals surface area contributed by atoms with Gasteiger partial charge in [-0.15, -0.1) is 0 Å². The number of benzene rings is 1. The first-order chi connectivity index (χ1) is 12.6. The highest BCUT2D eigenvalue weighted by Gasteiger charge is 2.23. The smallest absolute Gasteiger partial charge is 0.311 e. The van der Waals surface area contributed by atoms with E-state index in [0.717, 1.165) is 19.3 Å². The molecular formula is C16H19N5O4S. The van der Waals surface area contributed by atoms with Crippen molar-refractivity contribution in [3.05, 3.63) is 44.5 Å². The monoisotopic (exact) mass is 377 g/mol. The molecule has 2 heterocycles. The normalized spacial score (nSPS) is 17.0. The fourth-order valence-electron chi connectivity index (χ4n) is 2.62. The highest BCUT2D eigenvalue weighted by molar-refractivity contribution is 7.71. The highest BCUT2D eigenvalue weighted by Crippen LogP contribution is 2.28. The Morgan fingerprint density at radius 3 is 3.15 bits per heavy atom. The molecular weight excluding hydrogens is 358 g/mol. The number of H-pyrrole nitrogens is 1. The molecule has 1 N–H and O–H groups in total. The molecule has 0 spiro atoms. The largest absolute Gasteiger partial charge is 0.487 e. The van der Waals surface area contributed by atoms with E-state index in [4.69, 9.17) is 21.7 Å². The van der Waals surface area contributed by atoms with Crippen molar-refractivity contribution < 1.29 is 14.4 Å². The zero-order valence-electron chi connectivity index (χ0n) is 14.3. The van der Waals surface area contributed by atoms with Crippen LogP contribution in [0.25, 0.3) is 0 Å². The minimum atomic E-state index is -0.469. The lowest BCUT2D eigenvalue weighted by molar-refractivity contribution is -0.385.